The number of ether oxygens (including phenoxy) is 1. The first-order chi connectivity index (χ1) is 15.2. The second-order valence-electron chi connectivity index (χ2n) is 6.85. The number of carbonyl (C=O) groups excluding carboxylic acids is 1. The van der Waals surface area contributed by atoms with Gasteiger partial charge in [-0.05, 0) is 6.42 Å². The Hall–Kier alpha value is -3.55. The largest absolute Gasteiger partial charge is 0.380 e. The van der Waals surface area contributed by atoms with E-state index < -0.39 is 0 Å². The first-order valence-corrected chi connectivity index (χ1v) is 10.4. The Labute approximate surface area is 179 Å². The van der Waals surface area contributed by atoms with Crippen LogP contribution in [0.1, 0.15) is 16.8 Å². The van der Waals surface area contributed by atoms with Crippen molar-refractivity contribution in [2.45, 2.75) is 18.5 Å². The van der Waals surface area contributed by atoms with Gasteiger partial charge in [0.15, 0.2) is 5.82 Å². The minimum absolute atomic E-state index is 0.00848. The number of amides is 1. The van der Waals surface area contributed by atoms with Gasteiger partial charge in [-0.2, -0.15) is 15.2 Å². The first kappa shape index (κ1) is 19.4. The van der Waals surface area contributed by atoms with E-state index in [1.54, 1.807) is 17.6 Å². The van der Waals surface area contributed by atoms with E-state index in [-0.39, 0.29) is 23.9 Å². The summed E-state index contributed by atoms with van der Waals surface area (Å²) in [5, 5.41) is 15.7. The summed E-state index contributed by atoms with van der Waals surface area (Å²) in [7, 11) is 0. The number of nitrogens with two attached hydrogens (primary N) is 1. The maximum absolute atomic E-state index is 12.9. The van der Waals surface area contributed by atoms with Gasteiger partial charge in [0.25, 0.3) is 5.91 Å². The van der Waals surface area contributed by atoms with Crippen LogP contribution < -0.4 is 16.4 Å². The number of aromatic nitrogens is 7. The van der Waals surface area contributed by atoms with Gasteiger partial charge in [-0.15, -0.1) is 16.1 Å². The third-order valence-electron chi connectivity index (χ3n) is 4.76. The zero-order valence-corrected chi connectivity index (χ0v) is 17.0. The fourth-order valence-corrected chi connectivity index (χ4v) is 4.03. The highest BCUT2D eigenvalue weighted by Gasteiger charge is 2.23. The molecule has 0 spiro atoms. The highest BCUT2D eigenvalue weighted by molar-refractivity contribution is 7.17. The van der Waals surface area contributed by atoms with E-state index in [0.29, 0.717) is 36.1 Å². The molecular formula is C18H18N10O2S. The number of nitrogens with one attached hydrogen (secondary N) is 2. The molecule has 0 bridgehead atoms. The Bertz CT molecular complexity index is 1210. The first-order valence-electron chi connectivity index (χ1n) is 9.52. The van der Waals surface area contributed by atoms with Gasteiger partial charge >= 0.3 is 0 Å². The predicted molar refractivity (Wildman–Crippen MR) is 113 cm³/mol. The molecule has 13 heteroatoms. The highest BCUT2D eigenvalue weighted by atomic mass is 32.1. The van der Waals surface area contributed by atoms with Crippen molar-refractivity contribution >= 4 is 39.4 Å². The Kier molecular flexibility index (Phi) is 5.19. The summed E-state index contributed by atoms with van der Waals surface area (Å²) in [5.41, 5.74) is 7.06. The van der Waals surface area contributed by atoms with E-state index in [0.717, 1.165) is 11.1 Å². The Balaban J connectivity index is 1.37. The number of hydrogen-bond acceptors (Lipinski definition) is 11. The van der Waals surface area contributed by atoms with Crippen LogP contribution >= 0.6 is 11.3 Å². The summed E-state index contributed by atoms with van der Waals surface area (Å²) >= 11 is 1.39. The average molecular weight is 438 g/mol. The van der Waals surface area contributed by atoms with Gasteiger partial charge in [-0.3, -0.25) is 10.1 Å². The molecule has 1 fully saturated rings. The van der Waals surface area contributed by atoms with Crippen LogP contribution in [0.4, 0.5) is 11.9 Å². The molecule has 1 saturated heterocycles. The van der Waals surface area contributed by atoms with E-state index >= 15 is 0 Å². The van der Waals surface area contributed by atoms with Gasteiger partial charge < -0.3 is 15.8 Å². The third kappa shape index (κ3) is 4.05. The fraction of sp³-hybridized carbons (Fsp3) is 0.278. The number of nitrogens with zero attached hydrogens (tertiary/aromatic N) is 7. The molecule has 0 aliphatic carbocycles. The van der Waals surface area contributed by atoms with Crippen LogP contribution in [-0.4, -0.2) is 66.1 Å². The summed E-state index contributed by atoms with van der Waals surface area (Å²) in [6, 6.07) is 1.50. The van der Waals surface area contributed by atoms with Crippen molar-refractivity contribution in [3.05, 3.63) is 41.8 Å². The number of rotatable bonds is 5. The zero-order valence-electron chi connectivity index (χ0n) is 16.2. The fourth-order valence-electron chi connectivity index (χ4n) is 3.19. The molecule has 2 atom stereocenters. The van der Waals surface area contributed by atoms with Gasteiger partial charge in [0.2, 0.25) is 11.9 Å². The van der Waals surface area contributed by atoms with Crippen LogP contribution in [0.2, 0.25) is 0 Å². The normalized spacial score (nSPS) is 18.7. The Morgan fingerprint density at radius 2 is 2.06 bits per heavy atom. The van der Waals surface area contributed by atoms with E-state index in [2.05, 4.69) is 40.8 Å². The zero-order chi connectivity index (χ0) is 21.2. The summed E-state index contributed by atoms with van der Waals surface area (Å²) in [6.07, 6.45) is 7.05. The van der Waals surface area contributed by atoms with Gasteiger partial charge in [0.05, 0.1) is 41.0 Å². The van der Waals surface area contributed by atoms with Crippen LogP contribution in [0, 0.1) is 0 Å². The lowest BCUT2D eigenvalue weighted by Crippen LogP contribution is -2.47. The molecule has 1 amide bonds. The number of thiophene rings is 1. The maximum atomic E-state index is 12.9. The average Bonchev–Trinajstić information content (AvgIpc) is 3.45. The lowest BCUT2D eigenvalue weighted by atomic mass is 10.1. The van der Waals surface area contributed by atoms with Crippen LogP contribution in [0.5, 0.6) is 0 Å². The van der Waals surface area contributed by atoms with Gasteiger partial charge in [0.1, 0.15) is 0 Å². The maximum Gasteiger partial charge on any atom is 0.261 e. The molecule has 1 aliphatic heterocycles. The molecule has 158 valence electrons. The molecule has 0 saturated carbocycles. The summed E-state index contributed by atoms with van der Waals surface area (Å²) in [5.74, 6) is 0.626. The highest BCUT2D eigenvalue weighted by Crippen LogP contribution is 2.26. The summed E-state index contributed by atoms with van der Waals surface area (Å²) < 4.78 is 6.16. The molecule has 5 heterocycles. The van der Waals surface area contributed by atoms with Crippen molar-refractivity contribution in [3.63, 3.8) is 0 Å². The Morgan fingerprint density at radius 3 is 2.90 bits per heavy atom. The van der Waals surface area contributed by atoms with Crippen LogP contribution in [0.15, 0.2) is 36.2 Å². The second-order valence-corrected chi connectivity index (χ2v) is 7.76. The predicted octanol–water partition coefficient (Wildman–Crippen LogP) is 0.842. The number of carbonyl (C=O) groups is 1. The van der Waals surface area contributed by atoms with Gasteiger partial charge in [-0.1, -0.05) is 0 Å². The molecule has 12 nitrogen and oxygen atoms in total. The number of hydrogen-bond donors (Lipinski definition) is 3. The smallest absolute Gasteiger partial charge is 0.261 e. The van der Waals surface area contributed by atoms with Crippen LogP contribution in [-0.2, 0) is 4.74 Å². The lowest BCUT2D eigenvalue weighted by molar-refractivity contribution is 0.0751. The number of anilines is 2. The molecule has 0 radical (unpaired) electrons. The van der Waals surface area contributed by atoms with E-state index in [4.69, 9.17) is 10.5 Å². The van der Waals surface area contributed by atoms with Crippen molar-refractivity contribution in [1.82, 2.24) is 34.9 Å². The SMILES string of the molecule is N[C@H]1COCC[C@H]1Nc1ncc2scc(C(=O)Nc3nccc(-n4nccn4)n3)c2n1. The second kappa shape index (κ2) is 8.29. The van der Waals surface area contributed by atoms with E-state index in [1.807, 2.05) is 0 Å². The molecule has 0 aromatic carbocycles. The standard InChI is InChI=1S/C18H18N10O2S/c19-11-8-30-6-2-12(11)24-18-21-7-13-15(26-18)10(9-31-13)16(29)27-17-20-3-1-14(25-17)28-22-4-5-23-28/h1,3-5,7,9,11-12H,2,6,8,19H2,(H,21,24,26)(H,20,25,27,29)/t11-,12+/m0/s1. The molecule has 4 aromatic heterocycles. The van der Waals surface area contributed by atoms with Crippen molar-refractivity contribution < 1.29 is 9.53 Å². The minimum Gasteiger partial charge on any atom is -0.380 e. The molecule has 1 aliphatic rings. The van der Waals surface area contributed by atoms with E-state index in [1.165, 1.54) is 34.7 Å². The van der Waals surface area contributed by atoms with Crippen LogP contribution in [0.25, 0.3) is 16.0 Å². The van der Waals surface area contributed by atoms with Crippen molar-refractivity contribution in [2.24, 2.45) is 5.73 Å². The van der Waals surface area contributed by atoms with Crippen LogP contribution in [0.3, 0.4) is 0 Å². The summed E-state index contributed by atoms with van der Waals surface area (Å²) in [6.45, 7) is 1.12. The van der Waals surface area contributed by atoms with Crippen molar-refractivity contribution in [2.75, 3.05) is 23.8 Å². The molecule has 4 N–H and O–H groups in total. The lowest BCUT2D eigenvalue weighted by Gasteiger charge is -2.29. The number of fused-ring (bicyclic) bond motifs is 1. The molecule has 4 aromatic rings. The van der Waals surface area contributed by atoms with E-state index in [9.17, 15) is 4.79 Å². The molecular weight excluding hydrogens is 420 g/mol. The molecule has 31 heavy (non-hydrogen) atoms. The topological polar surface area (TPSA) is 159 Å². The monoisotopic (exact) mass is 438 g/mol. The molecule has 0 unspecified atom stereocenters. The molecule has 5 rings (SSSR count). The van der Waals surface area contributed by atoms with Crippen molar-refractivity contribution in [3.8, 4) is 5.82 Å². The third-order valence-corrected chi connectivity index (χ3v) is 5.67. The van der Waals surface area contributed by atoms with Gasteiger partial charge in [0, 0.05) is 36.3 Å². The quantitative estimate of drug-likeness (QED) is 0.407. The minimum atomic E-state index is -0.371. The Morgan fingerprint density at radius 1 is 1.19 bits per heavy atom. The van der Waals surface area contributed by atoms with Gasteiger partial charge in [-0.25, -0.2) is 15.0 Å². The summed E-state index contributed by atoms with van der Waals surface area (Å²) in [4.78, 5) is 31.5. The van der Waals surface area contributed by atoms with Crippen molar-refractivity contribution in [1.29, 1.82) is 0 Å².